The average Bonchev–Trinajstić information content (AvgIpc) is 2.67. The third-order valence-corrected chi connectivity index (χ3v) is 3.88. The van der Waals surface area contributed by atoms with E-state index in [4.69, 9.17) is 9.47 Å². The van der Waals surface area contributed by atoms with Crippen LogP contribution in [0.15, 0.2) is 47.5 Å². The molecule has 2 rings (SSSR count). The van der Waals surface area contributed by atoms with Gasteiger partial charge in [-0.1, -0.05) is 18.2 Å². The molecule has 0 saturated carbocycles. The van der Waals surface area contributed by atoms with E-state index in [1.54, 1.807) is 26.4 Å². The molecule has 2 N–H and O–H groups in total. The lowest BCUT2D eigenvalue weighted by atomic mass is 10.1. The van der Waals surface area contributed by atoms with Crippen LogP contribution in [0.5, 0.6) is 11.5 Å². The Hall–Kier alpha value is -2.03. The van der Waals surface area contributed by atoms with Crippen LogP contribution in [0.3, 0.4) is 0 Å². The minimum absolute atomic E-state index is 0. The number of guanidine groups is 1. The summed E-state index contributed by atoms with van der Waals surface area (Å²) in [6, 6.07) is 12.4. The van der Waals surface area contributed by atoms with Crippen molar-refractivity contribution >= 4 is 29.9 Å². The summed E-state index contributed by atoms with van der Waals surface area (Å²) in [5, 5.41) is 6.44. The minimum Gasteiger partial charge on any atom is -0.497 e. The average molecular weight is 487 g/mol. The van der Waals surface area contributed by atoms with E-state index < -0.39 is 0 Å². The molecule has 0 aliphatic rings. The number of aliphatic imine (C=N–C) groups is 1. The van der Waals surface area contributed by atoms with E-state index in [1.807, 2.05) is 31.2 Å². The van der Waals surface area contributed by atoms with Gasteiger partial charge in [-0.25, -0.2) is 9.38 Å². The quantitative estimate of drug-likeness (QED) is 0.339. The van der Waals surface area contributed by atoms with Gasteiger partial charge in [0.1, 0.15) is 17.3 Å². The van der Waals surface area contributed by atoms with Crippen LogP contribution < -0.4 is 20.1 Å². The fourth-order valence-corrected chi connectivity index (χ4v) is 2.53. The van der Waals surface area contributed by atoms with Crippen molar-refractivity contribution in [2.24, 2.45) is 4.99 Å². The predicted octanol–water partition coefficient (Wildman–Crippen LogP) is 3.76. The van der Waals surface area contributed by atoms with Crippen molar-refractivity contribution in [2.45, 2.75) is 19.9 Å². The first-order valence-corrected chi connectivity index (χ1v) is 8.64. The van der Waals surface area contributed by atoms with Gasteiger partial charge in [0.2, 0.25) is 0 Å². The summed E-state index contributed by atoms with van der Waals surface area (Å²) in [6.07, 6.45) is 0.741. The number of halogens is 2. The second kappa shape index (κ2) is 12.4. The Morgan fingerprint density at radius 2 is 1.81 bits per heavy atom. The van der Waals surface area contributed by atoms with E-state index in [-0.39, 0.29) is 36.3 Å². The van der Waals surface area contributed by atoms with Crippen LogP contribution in [0.1, 0.15) is 18.1 Å². The number of methoxy groups -OCH3 is 2. The molecule has 0 fully saturated rings. The van der Waals surface area contributed by atoms with Crippen molar-refractivity contribution in [3.8, 4) is 11.5 Å². The lowest BCUT2D eigenvalue weighted by Crippen LogP contribution is -2.38. The van der Waals surface area contributed by atoms with Crippen LogP contribution in [0, 0.1) is 5.82 Å². The molecule has 5 nitrogen and oxygen atoms in total. The highest BCUT2D eigenvalue weighted by atomic mass is 127. The largest absolute Gasteiger partial charge is 0.497 e. The maximum Gasteiger partial charge on any atom is 0.191 e. The summed E-state index contributed by atoms with van der Waals surface area (Å²) in [6.45, 7) is 3.66. The molecule has 148 valence electrons. The molecule has 0 spiro atoms. The fourth-order valence-electron chi connectivity index (χ4n) is 2.53. The third-order valence-electron chi connectivity index (χ3n) is 3.88. The van der Waals surface area contributed by atoms with Crippen molar-refractivity contribution in [3.63, 3.8) is 0 Å². The van der Waals surface area contributed by atoms with Crippen LogP contribution in [0.25, 0.3) is 0 Å². The fraction of sp³-hybridized carbons (Fsp3) is 0.350. The van der Waals surface area contributed by atoms with Crippen molar-refractivity contribution in [1.29, 1.82) is 0 Å². The summed E-state index contributed by atoms with van der Waals surface area (Å²) < 4.78 is 24.4. The second-order valence-corrected chi connectivity index (χ2v) is 5.64. The lowest BCUT2D eigenvalue weighted by Gasteiger charge is -2.13. The van der Waals surface area contributed by atoms with E-state index in [2.05, 4.69) is 15.6 Å². The highest BCUT2D eigenvalue weighted by molar-refractivity contribution is 14.0. The van der Waals surface area contributed by atoms with E-state index in [0.717, 1.165) is 30.0 Å². The molecular formula is C20H27FIN3O2. The number of hydrogen-bond acceptors (Lipinski definition) is 3. The van der Waals surface area contributed by atoms with Gasteiger partial charge in [-0.15, -0.1) is 24.0 Å². The van der Waals surface area contributed by atoms with Crippen molar-refractivity contribution < 1.29 is 13.9 Å². The Labute approximate surface area is 177 Å². The lowest BCUT2D eigenvalue weighted by molar-refractivity contribution is 0.398. The Morgan fingerprint density at radius 3 is 2.48 bits per heavy atom. The monoisotopic (exact) mass is 487 g/mol. The van der Waals surface area contributed by atoms with Crippen LogP contribution >= 0.6 is 24.0 Å². The Balaban J connectivity index is 0.00000364. The summed E-state index contributed by atoms with van der Waals surface area (Å²) in [5.41, 5.74) is 1.61. The maximum absolute atomic E-state index is 13.7. The van der Waals surface area contributed by atoms with Crippen LogP contribution in [-0.2, 0) is 13.0 Å². The number of rotatable bonds is 8. The molecule has 0 saturated heterocycles. The number of ether oxygens (including phenoxy) is 2. The predicted molar refractivity (Wildman–Crippen MR) is 118 cm³/mol. The van der Waals surface area contributed by atoms with Gasteiger partial charge in [0, 0.05) is 18.7 Å². The van der Waals surface area contributed by atoms with Gasteiger partial charge in [0.05, 0.1) is 20.8 Å². The molecule has 0 heterocycles. The Kier molecular flexibility index (Phi) is 10.5. The molecule has 0 bridgehead atoms. The highest BCUT2D eigenvalue weighted by Crippen LogP contribution is 2.24. The maximum atomic E-state index is 13.7. The molecule has 0 aliphatic carbocycles. The van der Waals surface area contributed by atoms with Crippen LogP contribution in [0.4, 0.5) is 4.39 Å². The van der Waals surface area contributed by atoms with Crippen LogP contribution in [0.2, 0.25) is 0 Å². The van der Waals surface area contributed by atoms with E-state index in [1.165, 1.54) is 6.07 Å². The highest BCUT2D eigenvalue weighted by Gasteiger charge is 2.06. The molecule has 2 aromatic rings. The number of nitrogens with zero attached hydrogens (tertiary/aromatic N) is 1. The molecule has 0 unspecified atom stereocenters. The molecule has 0 aromatic heterocycles. The van der Waals surface area contributed by atoms with Gasteiger partial charge in [-0.2, -0.15) is 0 Å². The summed E-state index contributed by atoms with van der Waals surface area (Å²) >= 11 is 0. The normalized spacial score (nSPS) is 10.7. The van der Waals surface area contributed by atoms with Crippen molar-refractivity contribution in [2.75, 3.05) is 27.3 Å². The first-order chi connectivity index (χ1) is 12.7. The molecule has 27 heavy (non-hydrogen) atoms. The molecule has 0 amide bonds. The van der Waals surface area contributed by atoms with Crippen molar-refractivity contribution in [3.05, 3.63) is 59.4 Å². The summed E-state index contributed by atoms with van der Waals surface area (Å²) in [7, 11) is 3.29. The van der Waals surface area contributed by atoms with Gasteiger partial charge in [0.25, 0.3) is 0 Å². The summed E-state index contributed by atoms with van der Waals surface area (Å²) in [4.78, 5) is 4.45. The number of hydrogen-bond donors (Lipinski definition) is 2. The zero-order valence-corrected chi connectivity index (χ0v) is 18.3. The molecule has 0 aliphatic heterocycles. The number of benzene rings is 2. The number of nitrogens with one attached hydrogen (secondary N) is 2. The first kappa shape index (κ1) is 23.0. The Bertz CT molecular complexity index is 741. The molecular weight excluding hydrogens is 460 g/mol. The minimum atomic E-state index is -0.242. The second-order valence-electron chi connectivity index (χ2n) is 5.64. The van der Waals surface area contributed by atoms with Gasteiger partial charge in [-0.3, -0.25) is 0 Å². The zero-order chi connectivity index (χ0) is 18.8. The topological polar surface area (TPSA) is 54.9 Å². The van der Waals surface area contributed by atoms with Crippen LogP contribution in [-0.4, -0.2) is 33.3 Å². The van der Waals surface area contributed by atoms with Crippen molar-refractivity contribution in [1.82, 2.24) is 10.6 Å². The third kappa shape index (κ3) is 7.24. The molecule has 7 heteroatoms. The van der Waals surface area contributed by atoms with E-state index in [0.29, 0.717) is 18.1 Å². The Morgan fingerprint density at radius 1 is 1.04 bits per heavy atom. The smallest absolute Gasteiger partial charge is 0.191 e. The van der Waals surface area contributed by atoms with E-state index >= 15 is 0 Å². The van der Waals surface area contributed by atoms with E-state index in [9.17, 15) is 4.39 Å². The van der Waals surface area contributed by atoms with Gasteiger partial charge < -0.3 is 20.1 Å². The van der Waals surface area contributed by atoms with Gasteiger partial charge in [0.15, 0.2) is 5.96 Å². The zero-order valence-electron chi connectivity index (χ0n) is 15.9. The molecule has 0 radical (unpaired) electrons. The van der Waals surface area contributed by atoms with Gasteiger partial charge >= 0.3 is 0 Å². The standard InChI is InChI=1S/C20H26FN3O2.HI/c1-4-22-20(24-14-16-7-5-6-8-18(16)21)23-12-11-15-13-17(25-2)9-10-19(15)26-3;/h5-10,13H,4,11-12,14H2,1-3H3,(H2,22,23,24);1H. The van der Waals surface area contributed by atoms with Gasteiger partial charge in [-0.05, 0) is 43.2 Å². The SMILES string of the molecule is CCNC(=NCc1ccccc1F)NCCc1cc(OC)ccc1OC.I. The first-order valence-electron chi connectivity index (χ1n) is 8.64. The molecule has 2 aromatic carbocycles. The summed E-state index contributed by atoms with van der Waals surface area (Å²) in [5.74, 6) is 2.02. The molecule has 0 atom stereocenters.